The molecule has 150 valence electrons. The van der Waals surface area contributed by atoms with Crippen LogP contribution in [0.15, 0.2) is 91.0 Å². The third-order valence-electron chi connectivity index (χ3n) is 5.20. The maximum atomic E-state index is 12.9. The average molecular weight is 413 g/mol. The second-order valence-corrected chi connectivity index (χ2v) is 8.43. The highest BCUT2D eigenvalue weighted by atomic mass is 32.1. The van der Waals surface area contributed by atoms with E-state index in [1.807, 2.05) is 66.7 Å². The zero-order chi connectivity index (χ0) is 20.9. The number of nitrogens with one attached hydrogen (secondary N) is 2. The van der Waals surface area contributed by atoms with Crippen LogP contribution >= 0.6 is 11.3 Å². The molecule has 3 aromatic carbocycles. The summed E-state index contributed by atoms with van der Waals surface area (Å²) in [5.41, 5.74) is 5.14. The highest BCUT2D eigenvalue weighted by molar-refractivity contribution is 7.16. The van der Waals surface area contributed by atoms with Gasteiger partial charge in [0.2, 0.25) is 0 Å². The Labute approximate surface area is 181 Å². The van der Waals surface area contributed by atoms with E-state index in [1.165, 1.54) is 10.4 Å². The van der Waals surface area contributed by atoms with E-state index in [-0.39, 0.29) is 11.9 Å². The number of carbonyl (C=O) groups excluding carboxylic acids is 1. The van der Waals surface area contributed by atoms with Crippen molar-refractivity contribution >= 4 is 27.9 Å². The maximum Gasteiger partial charge on any atom is 0.256 e. The normalized spacial score (nSPS) is 11.7. The molecule has 0 saturated heterocycles. The Morgan fingerprint density at radius 3 is 2.00 bits per heavy atom. The van der Waals surface area contributed by atoms with Crippen molar-refractivity contribution in [3.63, 3.8) is 0 Å². The molecular weight excluding hydrogens is 388 g/mol. The number of thiophene rings is 1. The number of anilines is 2. The first kappa shape index (κ1) is 19.9. The van der Waals surface area contributed by atoms with Crippen LogP contribution in [0.4, 0.5) is 10.7 Å². The minimum absolute atomic E-state index is 0.0791. The lowest BCUT2D eigenvalue weighted by Gasteiger charge is -2.23. The van der Waals surface area contributed by atoms with Crippen molar-refractivity contribution in [1.82, 2.24) is 0 Å². The summed E-state index contributed by atoms with van der Waals surface area (Å²) < 4.78 is 0. The van der Waals surface area contributed by atoms with Crippen molar-refractivity contribution in [2.45, 2.75) is 19.9 Å². The first-order valence-corrected chi connectivity index (χ1v) is 10.8. The zero-order valence-corrected chi connectivity index (χ0v) is 17.9. The summed E-state index contributed by atoms with van der Waals surface area (Å²) in [4.78, 5) is 14.1. The number of aryl methyl sites for hydroxylation is 1. The fourth-order valence-electron chi connectivity index (χ4n) is 3.52. The van der Waals surface area contributed by atoms with Gasteiger partial charge in [0.25, 0.3) is 5.91 Å². The van der Waals surface area contributed by atoms with E-state index in [0.717, 1.165) is 21.8 Å². The fraction of sp³-hybridized carbons (Fsp3) is 0.115. The summed E-state index contributed by atoms with van der Waals surface area (Å²) in [6.45, 7) is 4.23. The maximum absolute atomic E-state index is 12.9. The van der Waals surface area contributed by atoms with Gasteiger partial charge in [0.05, 0.1) is 6.04 Å². The summed E-state index contributed by atoms with van der Waals surface area (Å²) in [5, 5.41) is 7.72. The van der Waals surface area contributed by atoms with E-state index in [9.17, 15) is 4.79 Å². The molecular formula is C26H24N2OS. The first-order chi connectivity index (χ1) is 14.6. The number of hydrogen-bond donors (Lipinski definition) is 2. The van der Waals surface area contributed by atoms with E-state index >= 15 is 0 Å². The molecule has 0 saturated carbocycles. The van der Waals surface area contributed by atoms with E-state index in [4.69, 9.17) is 0 Å². The average Bonchev–Trinajstić information content (AvgIpc) is 3.07. The molecule has 0 spiro atoms. The zero-order valence-electron chi connectivity index (χ0n) is 17.1. The van der Waals surface area contributed by atoms with Crippen LogP contribution in [0.3, 0.4) is 0 Å². The van der Waals surface area contributed by atoms with Crippen molar-refractivity contribution in [2.24, 2.45) is 0 Å². The second kappa shape index (κ2) is 8.97. The molecule has 0 radical (unpaired) electrons. The molecule has 0 aliphatic rings. The van der Waals surface area contributed by atoms with Crippen LogP contribution in [-0.2, 0) is 0 Å². The molecule has 2 N–H and O–H groups in total. The Kier molecular flexibility index (Phi) is 5.96. The van der Waals surface area contributed by atoms with Crippen LogP contribution < -0.4 is 10.6 Å². The van der Waals surface area contributed by atoms with Crippen LogP contribution in [0, 0.1) is 13.8 Å². The predicted molar refractivity (Wildman–Crippen MR) is 127 cm³/mol. The molecule has 1 heterocycles. The molecule has 0 unspecified atom stereocenters. The second-order valence-electron chi connectivity index (χ2n) is 7.20. The largest absolute Gasteiger partial charge is 0.374 e. The highest BCUT2D eigenvalue weighted by Crippen LogP contribution is 2.41. The van der Waals surface area contributed by atoms with Gasteiger partial charge in [-0.15, -0.1) is 11.3 Å². The van der Waals surface area contributed by atoms with Gasteiger partial charge in [-0.05, 0) is 49.2 Å². The van der Waals surface area contributed by atoms with Gasteiger partial charge in [-0.2, -0.15) is 0 Å². The fourth-order valence-corrected chi connectivity index (χ4v) is 4.61. The molecule has 3 nitrogen and oxygen atoms in total. The third kappa shape index (κ3) is 4.29. The highest BCUT2D eigenvalue weighted by Gasteiger charge is 2.24. The van der Waals surface area contributed by atoms with Crippen LogP contribution in [0.5, 0.6) is 0 Å². The Morgan fingerprint density at radius 1 is 0.800 bits per heavy atom. The number of carbonyl (C=O) groups is 1. The molecule has 1 amide bonds. The van der Waals surface area contributed by atoms with Gasteiger partial charge >= 0.3 is 0 Å². The van der Waals surface area contributed by atoms with Gasteiger partial charge in [0.15, 0.2) is 0 Å². The topological polar surface area (TPSA) is 41.1 Å². The molecule has 4 heteroatoms. The molecule has 0 aliphatic heterocycles. The van der Waals surface area contributed by atoms with Gasteiger partial charge in [-0.1, -0.05) is 66.7 Å². The molecule has 0 aliphatic carbocycles. The number of amides is 1. The molecule has 4 aromatic rings. The van der Waals surface area contributed by atoms with Gasteiger partial charge in [0, 0.05) is 21.7 Å². The minimum atomic E-state index is -0.0929. The van der Waals surface area contributed by atoms with E-state index in [1.54, 1.807) is 11.3 Å². The van der Waals surface area contributed by atoms with Crippen molar-refractivity contribution in [3.8, 4) is 0 Å². The standard InChI is InChI=1S/C26H24N2OS/c1-18-19(2)30-26(28-25(29)21-14-8-4-9-15-21)23(18)24(20-12-6-3-7-13-20)27-22-16-10-5-11-17-22/h3-17,24,27H,1-2H3,(H,28,29)/t24-/m1/s1. The minimum Gasteiger partial charge on any atom is -0.374 e. The number of benzene rings is 3. The monoisotopic (exact) mass is 412 g/mol. The van der Waals surface area contributed by atoms with Gasteiger partial charge in [-0.25, -0.2) is 0 Å². The van der Waals surface area contributed by atoms with Crippen LogP contribution in [0.25, 0.3) is 0 Å². The van der Waals surface area contributed by atoms with Crippen molar-refractivity contribution < 1.29 is 4.79 Å². The quantitative estimate of drug-likeness (QED) is 0.365. The van der Waals surface area contributed by atoms with E-state index < -0.39 is 0 Å². The van der Waals surface area contributed by atoms with Crippen LogP contribution in [-0.4, -0.2) is 5.91 Å². The lowest BCUT2D eigenvalue weighted by molar-refractivity contribution is 0.102. The van der Waals surface area contributed by atoms with Crippen LogP contribution in [0.2, 0.25) is 0 Å². The van der Waals surface area contributed by atoms with E-state index in [0.29, 0.717) is 5.56 Å². The Bertz CT molecular complexity index is 1120. The van der Waals surface area contributed by atoms with Crippen molar-refractivity contribution in [2.75, 3.05) is 10.6 Å². The predicted octanol–water partition coefficient (Wildman–Crippen LogP) is 6.82. The SMILES string of the molecule is Cc1sc(NC(=O)c2ccccc2)c([C@H](Nc2ccccc2)c2ccccc2)c1C. The summed E-state index contributed by atoms with van der Waals surface area (Å²) in [7, 11) is 0. The molecule has 0 bridgehead atoms. The van der Waals surface area contributed by atoms with Gasteiger partial charge in [0.1, 0.15) is 5.00 Å². The summed E-state index contributed by atoms with van der Waals surface area (Å²) >= 11 is 1.63. The lowest BCUT2D eigenvalue weighted by atomic mass is 9.96. The molecule has 30 heavy (non-hydrogen) atoms. The Balaban J connectivity index is 1.76. The smallest absolute Gasteiger partial charge is 0.256 e. The molecule has 1 atom stereocenters. The number of rotatable bonds is 6. The summed E-state index contributed by atoms with van der Waals surface area (Å²) in [6.07, 6.45) is 0. The van der Waals surface area contributed by atoms with Crippen LogP contribution in [0.1, 0.15) is 38.0 Å². The third-order valence-corrected chi connectivity index (χ3v) is 6.34. The van der Waals surface area contributed by atoms with E-state index in [2.05, 4.69) is 48.7 Å². The Morgan fingerprint density at radius 2 is 1.37 bits per heavy atom. The Hall–Kier alpha value is -3.37. The van der Waals surface area contributed by atoms with Crippen molar-refractivity contribution in [3.05, 3.63) is 118 Å². The lowest BCUT2D eigenvalue weighted by Crippen LogP contribution is -2.17. The molecule has 0 fully saturated rings. The summed E-state index contributed by atoms with van der Waals surface area (Å²) in [5.74, 6) is -0.0929. The molecule has 4 rings (SSSR count). The number of hydrogen-bond acceptors (Lipinski definition) is 3. The number of para-hydroxylation sites is 1. The molecule has 1 aromatic heterocycles. The van der Waals surface area contributed by atoms with Gasteiger partial charge < -0.3 is 10.6 Å². The van der Waals surface area contributed by atoms with Crippen molar-refractivity contribution in [1.29, 1.82) is 0 Å². The summed E-state index contributed by atoms with van der Waals surface area (Å²) in [6, 6.07) is 29.8. The van der Waals surface area contributed by atoms with Gasteiger partial charge in [-0.3, -0.25) is 4.79 Å². The first-order valence-electron chi connectivity index (χ1n) is 9.96.